The van der Waals surface area contributed by atoms with Crippen LogP contribution in [0, 0.1) is 0 Å². The van der Waals surface area contributed by atoms with Crippen molar-refractivity contribution in [3.63, 3.8) is 0 Å². The predicted octanol–water partition coefficient (Wildman–Crippen LogP) is 2.13. The van der Waals surface area contributed by atoms with Gasteiger partial charge in [-0.2, -0.15) is 0 Å². The van der Waals surface area contributed by atoms with Crippen molar-refractivity contribution in [3.8, 4) is 5.75 Å². The molecule has 0 radical (unpaired) electrons. The first-order valence-corrected chi connectivity index (χ1v) is 7.99. The Morgan fingerprint density at radius 3 is 2.29 bits per heavy atom. The molecule has 0 aromatic carbocycles. The average molecular weight is 378 g/mol. The molecule has 3 rings (SSSR count). The second-order valence-corrected chi connectivity index (χ2v) is 5.45. The van der Waals surface area contributed by atoms with E-state index in [1.54, 1.807) is 18.3 Å². The van der Waals surface area contributed by atoms with Crippen molar-refractivity contribution in [1.82, 2.24) is 15.0 Å². The fourth-order valence-electron chi connectivity index (χ4n) is 2.19. The molecule has 3 heterocycles. The Hall–Kier alpha value is -4.14. The Morgan fingerprint density at radius 1 is 0.857 bits per heavy atom. The number of aromatic nitrogens is 3. The van der Waals surface area contributed by atoms with Crippen molar-refractivity contribution >= 4 is 23.5 Å². The molecule has 0 atom stereocenters. The van der Waals surface area contributed by atoms with Crippen LogP contribution in [0.3, 0.4) is 0 Å². The van der Waals surface area contributed by atoms with Gasteiger partial charge in [-0.1, -0.05) is 0 Å². The van der Waals surface area contributed by atoms with Gasteiger partial charge in [0.15, 0.2) is 0 Å². The summed E-state index contributed by atoms with van der Waals surface area (Å²) in [5, 5.41) is 2.63. The fourth-order valence-corrected chi connectivity index (χ4v) is 2.19. The highest BCUT2D eigenvalue weighted by Crippen LogP contribution is 2.16. The lowest BCUT2D eigenvalue weighted by molar-refractivity contribution is 0.0597. The first-order chi connectivity index (χ1) is 13.6. The summed E-state index contributed by atoms with van der Waals surface area (Å²) in [7, 11) is 1.23. The largest absolute Gasteiger partial charge is 0.465 e. The zero-order valence-electron chi connectivity index (χ0n) is 14.7. The van der Waals surface area contributed by atoms with Crippen molar-refractivity contribution in [1.29, 1.82) is 0 Å². The van der Waals surface area contributed by atoms with Crippen LogP contribution in [0.4, 0.5) is 5.69 Å². The number of esters is 2. The Bertz CT molecular complexity index is 1020. The molecule has 9 nitrogen and oxygen atoms in total. The topological polar surface area (TPSA) is 120 Å². The average Bonchev–Trinajstić information content (AvgIpc) is 2.74. The quantitative estimate of drug-likeness (QED) is 0.670. The molecule has 0 aliphatic heterocycles. The first-order valence-electron chi connectivity index (χ1n) is 7.99. The lowest BCUT2D eigenvalue weighted by Gasteiger charge is -2.08. The monoisotopic (exact) mass is 378 g/mol. The normalized spacial score (nSPS) is 10.0. The van der Waals surface area contributed by atoms with Crippen LogP contribution in [0.5, 0.6) is 5.75 Å². The van der Waals surface area contributed by atoms with E-state index in [2.05, 4.69) is 25.0 Å². The third-order valence-corrected chi connectivity index (χ3v) is 3.50. The third-order valence-electron chi connectivity index (χ3n) is 3.50. The van der Waals surface area contributed by atoms with E-state index in [0.29, 0.717) is 11.3 Å². The molecule has 3 aromatic rings. The van der Waals surface area contributed by atoms with Gasteiger partial charge in [0, 0.05) is 24.8 Å². The van der Waals surface area contributed by atoms with Crippen LogP contribution in [0.15, 0.2) is 61.4 Å². The van der Waals surface area contributed by atoms with Gasteiger partial charge in [-0.15, -0.1) is 0 Å². The summed E-state index contributed by atoms with van der Waals surface area (Å²) in [5.74, 6) is -1.66. The van der Waals surface area contributed by atoms with Crippen LogP contribution >= 0.6 is 0 Å². The van der Waals surface area contributed by atoms with E-state index in [0.717, 1.165) is 0 Å². The number of nitrogens with one attached hydrogen (secondary N) is 1. The number of pyridine rings is 3. The second kappa shape index (κ2) is 8.49. The van der Waals surface area contributed by atoms with Crippen molar-refractivity contribution in [2.24, 2.45) is 0 Å². The number of hydrogen-bond acceptors (Lipinski definition) is 8. The van der Waals surface area contributed by atoms with E-state index in [1.165, 1.54) is 50.2 Å². The van der Waals surface area contributed by atoms with Crippen LogP contribution in [0.25, 0.3) is 0 Å². The zero-order valence-corrected chi connectivity index (χ0v) is 14.7. The highest BCUT2D eigenvalue weighted by molar-refractivity contribution is 6.04. The predicted molar refractivity (Wildman–Crippen MR) is 97.0 cm³/mol. The molecule has 1 N–H and O–H groups in total. The molecule has 0 aliphatic carbocycles. The fraction of sp³-hybridized carbons (Fsp3) is 0.0526. The number of carbonyl (C=O) groups excluding carboxylic acids is 3. The van der Waals surface area contributed by atoms with E-state index in [1.807, 2.05) is 0 Å². The Kier molecular flexibility index (Phi) is 5.66. The summed E-state index contributed by atoms with van der Waals surface area (Å²) in [4.78, 5) is 47.7. The van der Waals surface area contributed by atoms with Gasteiger partial charge in [0.05, 0.1) is 41.9 Å². The van der Waals surface area contributed by atoms with Gasteiger partial charge in [-0.25, -0.2) is 9.59 Å². The van der Waals surface area contributed by atoms with Crippen molar-refractivity contribution in [2.45, 2.75) is 0 Å². The molecule has 1 amide bonds. The van der Waals surface area contributed by atoms with Gasteiger partial charge >= 0.3 is 11.9 Å². The highest BCUT2D eigenvalue weighted by atomic mass is 16.5. The molecule has 0 saturated heterocycles. The maximum atomic E-state index is 12.3. The second-order valence-electron chi connectivity index (χ2n) is 5.45. The minimum atomic E-state index is -0.728. The number of rotatable bonds is 5. The molecule has 0 saturated carbocycles. The van der Waals surface area contributed by atoms with Gasteiger partial charge in [0.2, 0.25) is 0 Å². The summed E-state index contributed by atoms with van der Waals surface area (Å²) in [5.41, 5.74) is 0.918. The summed E-state index contributed by atoms with van der Waals surface area (Å²) in [6, 6.07) is 5.99. The third kappa shape index (κ3) is 4.52. The molecule has 3 aromatic heterocycles. The van der Waals surface area contributed by atoms with Gasteiger partial charge in [-0.05, 0) is 24.3 Å². The standard InChI is InChI=1S/C19H14N4O5/c1-27-18(25)14-6-16(11-22-9-14)28-19(26)13-5-15(10-21-8-13)23-17(24)12-3-2-4-20-7-12/h2-11H,1H3,(H,23,24). The number of amides is 1. The number of anilines is 1. The van der Waals surface area contributed by atoms with Gasteiger partial charge in [0.25, 0.3) is 5.91 Å². The van der Waals surface area contributed by atoms with E-state index >= 15 is 0 Å². The minimum absolute atomic E-state index is 0.0673. The van der Waals surface area contributed by atoms with E-state index in [4.69, 9.17) is 4.74 Å². The van der Waals surface area contributed by atoms with Gasteiger partial charge in [-0.3, -0.25) is 19.7 Å². The summed E-state index contributed by atoms with van der Waals surface area (Å²) < 4.78 is 9.80. The molecule has 140 valence electrons. The molecule has 0 fully saturated rings. The number of nitrogens with zero attached hydrogens (tertiary/aromatic N) is 3. The Morgan fingerprint density at radius 2 is 1.57 bits per heavy atom. The molecule has 9 heteroatoms. The SMILES string of the molecule is COC(=O)c1cncc(OC(=O)c2cncc(NC(=O)c3cccnc3)c2)c1. The molecular formula is C19H14N4O5. The van der Waals surface area contributed by atoms with Crippen molar-refractivity contribution in [3.05, 3.63) is 78.1 Å². The zero-order chi connectivity index (χ0) is 19.9. The molecule has 0 unspecified atom stereocenters. The molecule has 0 bridgehead atoms. The summed E-state index contributed by atoms with van der Waals surface area (Å²) in [6.45, 7) is 0. The molecular weight excluding hydrogens is 364 g/mol. The van der Waals surface area contributed by atoms with Crippen molar-refractivity contribution < 1.29 is 23.9 Å². The highest BCUT2D eigenvalue weighted by Gasteiger charge is 2.14. The maximum Gasteiger partial charge on any atom is 0.345 e. The van der Waals surface area contributed by atoms with Crippen LogP contribution in [-0.2, 0) is 4.74 Å². The lowest BCUT2D eigenvalue weighted by atomic mass is 10.2. The van der Waals surface area contributed by atoms with Crippen LogP contribution in [0.1, 0.15) is 31.1 Å². The van der Waals surface area contributed by atoms with E-state index < -0.39 is 17.8 Å². The van der Waals surface area contributed by atoms with E-state index in [9.17, 15) is 14.4 Å². The Balaban J connectivity index is 1.72. The van der Waals surface area contributed by atoms with E-state index in [-0.39, 0.29) is 16.9 Å². The molecule has 0 spiro atoms. The lowest BCUT2D eigenvalue weighted by Crippen LogP contribution is -2.14. The van der Waals surface area contributed by atoms with Crippen LogP contribution in [0.2, 0.25) is 0 Å². The van der Waals surface area contributed by atoms with Gasteiger partial charge in [0.1, 0.15) is 5.75 Å². The molecule has 0 aliphatic rings. The summed E-state index contributed by atoms with van der Waals surface area (Å²) >= 11 is 0. The van der Waals surface area contributed by atoms with Crippen LogP contribution < -0.4 is 10.1 Å². The Labute approximate surface area is 159 Å². The number of ether oxygens (including phenoxy) is 2. The van der Waals surface area contributed by atoms with Gasteiger partial charge < -0.3 is 14.8 Å². The number of hydrogen-bond donors (Lipinski definition) is 1. The van der Waals surface area contributed by atoms with Crippen LogP contribution in [-0.4, -0.2) is 39.9 Å². The van der Waals surface area contributed by atoms with Crippen molar-refractivity contribution in [2.75, 3.05) is 12.4 Å². The maximum absolute atomic E-state index is 12.3. The number of carbonyl (C=O) groups is 3. The smallest absolute Gasteiger partial charge is 0.345 e. The first kappa shape index (κ1) is 18.6. The minimum Gasteiger partial charge on any atom is -0.465 e. The number of methoxy groups -OCH3 is 1. The molecule has 28 heavy (non-hydrogen) atoms. The summed E-state index contributed by atoms with van der Waals surface area (Å²) in [6.07, 6.45) is 8.23.